The molecule has 0 saturated heterocycles. The van der Waals surface area contributed by atoms with Crippen LogP contribution in [0.3, 0.4) is 0 Å². The molecule has 0 atom stereocenters. The normalized spacial score (nSPS) is 10.1. The fourth-order valence-electron chi connectivity index (χ4n) is 1.91. The third kappa shape index (κ3) is 3.97. The topological polar surface area (TPSA) is 87.6 Å². The molecule has 2 rings (SSSR count). The number of rotatable bonds is 7. The quantitative estimate of drug-likeness (QED) is 0.758. The van der Waals surface area contributed by atoms with Crippen LogP contribution in [0.2, 0.25) is 0 Å². The van der Waals surface area contributed by atoms with Gasteiger partial charge in [0.25, 0.3) is 5.91 Å². The van der Waals surface area contributed by atoms with Gasteiger partial charge in [0.1, 0.15) is 24.7 Å². The molecule has 0 heterocycles. The van der Waals surface area contributed by atoms with Crippen LogP contribution in [0.4, 0.5) is 0 Å². The Hall–Kier alpha value is -2.53. The maximum absolute atomic E-state index is 11.3. The summed E-state index contributed by atoms with van der Waals surface area (Å²) >= 11 is 0. The summed E-state index contributed by atoms with van der Waals surface area (Å²) in [4.78, 5) is 11.3. The van der Waals surface area contributed by atoms with Crippen LogP contribution in [-0.2, 0) is 6.54 Å². The van der Waals surface area contributed by atoms with Crippen molar-refractivity contribution < 1.29 is 14.3 Å². The average molecular weight is 286 g/mol. The predicted octanol–water partition coefficient (Wildman–Crippen LogP) is 1.70. The summed E-state index contributed by atoms with van der Waals surface area (Å²) in [5.41, 5.74) is 12.2. The van der Waals surface area contributed by atoms with Gasteiger partial charge >= 0.3 is 0 Å². The zero-order valence-electron chi connectivity index (χ0n) is 11.6. The van der Waals surface area contributed by atoms with Crippen molar-refractivity contribution in [2.45, 2.75) is 6.54 Å². The van der Waals surface area contributed by atoms with E-state index < -0.39 is 5.91 Å². The minimum atomic E-state index is -0.514. The van der Waals surface area contributed by atoms with Gasteiger partial charge in [0, 0.05) is 12.1 Å². The molecule has 21 heavy (non-hydrogen) atoms. The lowest BCUT2D eigenvalue weighted by atomic mass is 10.2. The van der Waals surface area contributed by atoms with Gasteiger partial charge in [-0.1, -0.05) is 30.3 Å². The first-order chi connectivity index (χ1) is 10.2. The molecular formula is C16H18N2O3. The summed E-state index contributed by atoms with van der Waals surface area (Å²) in [6.07, 6.45) is 0. The fourth-order valence-corrected chi connectivity index (χ4v) is 1.91. The van der Waals surface area contributed by atoms with Crippen LogP contribution < -0.4 is 20.9 Å². The molecule has 4 N–H and O–H groups in total. The Bertz CT molecular complexity index is 614. The van der Waals surface area contributed by atoms with E-state index in [1.807, 2.05) is 24.3 Å². The van der Waals surface area contributed by atoms with Crippen LogP contribution in [0.5, 0.6) is 11.5 Å². The molecule has 5 nitrogen and oxygen atoms in total. The van der Waals surface area contributed by atoms with Gasteiger partial charge in [0.05, 0.1) is 5.56 Å². The average Bonchev–Trinajstić information content (AvgIpc) is 2.52. The first kappa shape index (κ1) is 14.9. The van der Waals surface area contributed by atoms with Gasteiger partial charge in [0.15, 0.2) is 0 Å². The molecule has 0 saturated carbocycles. The monoisotopic (exact) mass is 286 g/mol. The number of carbonyl (C=O) groups excluding carboxylic acids is 1. The molecule has 2 aromatic carbocycles. The molecule has 0 aromatic heterocycles. The van der Waals surface area contributed by atoms with Gasteiger partial charge in [-0.25, -0.2) is 0 Å². The Morgan fingerprint density at radius 3 is 2.14 bits per heavy atom. The number of primary amides is 1. The molecule has 0 aliphatic heterocycles. The molecule has 0 fully saturated rings. The van der Waals surface area contributed by atoms with Crippen molar-refractivity contribution >= 4 is 5.91 Å². The predicted molar refractivity (Wildman–Crippen MR) is 80.3 cm³/mol. The number of ether oxygens (including phenoxy) is 2. The lowest BCUT2D eigenvalue weighted by molar-refractivity contribution is 0.0995. The highest BCUT2D eigenvalue weighted by Crippen LogP contribution is 2.18. The van der Waals surface area contributed by atoms with Crippen LogP contribution in [0.25, 0.3) is 0 Å². The highest BCUT2D eigenvalue weighted by Gasteiger charge is 2.08. The van der Waals surface area contributed by atoms with E-state index in [4.69, 9.17) is 20.9 Å². The number of hydrogen-bond acceptors (Lipinski definition) is 4. The van der Waals surface area contributed by atoms with E-state index in [0.717, 1.165) is 11.3 Å². The zero-order valence-corrected chi connectivity index (χ0v) is 11.6. The minimum absolute atomic E-state index is 0.309. The molecular weight excluding hydrogens is 268 g/mol. The highest BCUT2D eigenvalue weighted by atomic mass is 16.5. The van der Waals surface area contributed by atoms with Crippen molar-refractivity contribution in [3.63, 3.8) is 0 Å². The molecule has 0 bridgehead atoms. The largest absolute Gasteiger partial charge is 0.490 e. The lowest BCUT2D eigenvalue weighted by Gasteiger charge is -2.12. The van der Waals surface area contributed by atoms with Crippen molar-refractivity contribution in [1.29, 1.82) is 0 Å². The molecule has 5 heteroatoms. The van der Waals surface area contributed by atoms with Crippen LogP contribution >= 0.6 is 0 Å². The van der Waals surface area contributed by atoms with E-state index in [-0.39, 0.29) is 0 Å². The van der Waals surface area contributed by atoms with Crippen molar-refractivity contribution in [3.05, 3.63) is 59.7 Å². The standard InChI is InChI=1S/C16H18N2O3/c17-11-12-5-1-3-7-14(12)20-9-10-21-15-8-4-2-6-13(15)16(18)19/h1-8H,9-11,17H2,(H2,18,19). The van der Waals surface area contributed by atoms with Crippen molar-refractivity contribution in [2.24, 2.45) is 11.5 Å². The Balaban J connectivity index is 1.89. The van der Waals surface area contributed by atoms with Crippen molar-refractivity contribution in [1.82, 2.24) is 0 Å². The maximum Gasteiger partial charge on any atom is 0.252 e. The van der Waals surface area contributed by atoms with Crippen molar-refractivity contribution in [2.75, 3.05) is 13.2 Å². The highest BCUT2D eigenvalue weighted by molar-refractivity contribution is 5.95. The first-order valence-corrected chi connectivity index (χ1v) is 6.64. The second-order valence-corrected chi connectivity index (χ2v) is 4.37. The number of benzene rings is 2. The summed E-state index contributed by atoms with van der Waals surface area (Å²) < 4.78 is 11.2. The van der Waals surface area contributed by atoms with E-state index in [9.17, 15) is 4.79 Å². The maximum atomic E-state index is 11.3. The number of para-hydroxylation sites is 2. The van der Waals surface area contributed by atoms with E-state index in [1.54, 1.807) is 24.3 Å². The van der Waals surface area contributed by atoms with Gasteiger partial charge in [-0.3, -0.25) is 4.79 Å². The summed E-state index contributed by atoms with van der Waals surface area (Å²) in [5.74, 6) is 0.687. The molecule has 110 valence electrons. The summed E-state index contributed by atoms with van der Waals surface area (Å²) in [6.45, 7) is 1.08. The molecule has 0 unspecified atom stereocenters. The van der Waals surface area contributed by atoms with Crippen LogP contribution in [-0.4, -0.2) is 19.1 Å². The molecule has 0 aliphatic carbocycles. The van der Waals surface area contributed by atoms with Gasteiger partial charge in [0.2, 0.25) is 0 Å². The van der Waals surface area contributed by atoms with E-state index in [0.29, 0.717) is 31.1 Å². The number of hydrogen-bond donors (Lipinski definition) is 2. The number of carbonyl (C=O) groups is 1. The fraction of sp³-hybridized carbons (Fsp3) is 0.188. The number of nitrogens with two attached hydrogens (primary N) is 2. The van der Waals surface area contributed by atoms with E-state index in [2.05, 4.69) is 0 Å². The lowest BCUT2D eigenvalue weighted by Crippen LogP contribution is -2.15. The van der Waals surface area contributed by atoms with Crippen LogP contribution in [0.15, 0.2) is 48.5 Å². The first-order valence-electron chi connectivity index (χ1n) is 6.64. The summed E-state index contributed by atoms with van der Waals surface area (Å²) in [7, 11) is 0. The van der Waals surface area contributed by atoms with Crippen LogP contribution in [0.1, 0.15) is 15.9 Å². The number of amides is 1. The Morgan fingerprint density at radius 2 is 1.48 bits per heavy atom. The summed E-state index contributed by atoms with van der Waals surface area (Å²) in [6, 6.07) is 14.4. The minimum Gasteiger partial charge on any atom is -0.490 e. The summed E-state index contributed by atoms with van der Waals surface area (Å²) in [5, 5.41) is 0. The Kier molecular flexibility index (Phi) is 5.17. The molecule has 2 aromatic rings. The second kappa shape index (κ2) is 7.31. The van der Waals surface area contributed by atoms with Gasteiger partial charge in [-0.15, -0.1) is 0 Å². The SMILES string of the molecule is NCc1ccccc1OCCOc1ccccc1C(N)=O. The molecule has 0 aliphatic rings. The van der Waals surface area contributed by atoms with E-state index >= 15 is 0 Å². The van der Waals surface area contributed by atoms with E-state index in [1.165, 1.54) is 0 Å². The van der Waals surface area contributed by atoms with Gasteiger partial charge in [-0.05, 0) is 18.2 Å². The zero-order chi connectivity index (χ0) is 15.1. The van der Waals surface area contributed by atoms with Crippen LogP contribution in [0, 0.1) is 0 Å². The van der Waals surface area contributed by atoms with Gasteiger partial charge in [-0.2, -0.15) is 0 Å². The third-order valence-electron chi connectivity index (χ3n) is 2.94. The second-order valence-electron chi connectivity index (χ2n) is 4.37. The van der Waals surface area contributed by atoms with Gasteiger partial charge < -0.3 is 20.9 Å². The van der Waals surface area contributed by atoms with Crippen molar-refractivity contribution in [3.8, 4) is 11.5 Å². The molecule has 0 spiro atoms. The molecule has 0 radical (unpaired) electrons. The molecule has 1 amide bonds. The Labute approximate surface area is 123 Å². The third-order valence-corrected chi connectivity index (χ3v) is 2.94. The Morgan fingerprint density at radius 1 is 0.905 bits per heavy atom. The smallest absolute Gasteiger partial charge is 0.252 e.